The van der Waals surface area contributed by atoms with E-state index in [1.165, 1.54) is 0 Å². The van der Waals surface area contributed by atoms with Gasteiger partial charge in [0, 0.05) is 40.5 Å². The predicted octanol–water partition coefficient (Wildman–Crippen LogP) is 20.5. The lowest BCUT2D eigenvalue weighted by Gasteiger charge is -2.15. The lowest BCUT2D eigenvalue weighted by Crippen LogP contribution is -2.09. The highest BCUT2D eigenvalue weighted by molar-refractivity contribution is 5.69. The first-order valence-electron chi connectivity index (χ1n) is 30.4. The summed E-state index contributed by atoms with van der Waals surface area (Å²) in [6, 6.07) is 89.4. The molecule has 13 rings (SSSR count). The van der Waals surface area contributed by atoms with E-state index in [2.05, 4.69) is 0 Å². The summed E-state index contributed by atoms with van der Waals surface area (Å²) in [5, 5.41) is 0. The first-order valence-corrected chi connectivity index (χ1v) is 30.4. The summed E-state index contributed by atoms with van der Waals surface area (Å²) in [5.41, 5.74) is 3.09. The molecule has 13 aromatic rings. The molecule has 2 heterocycles. The van der Waals surface area contributed by atoms with Crippen LogP contribution < -0.4 is 37.9 Å². The van der Waals surface area contributed by atoms with Gasteiger partial charge in [-0.15, -0.1) is 0 Å². The Morgan fingerprint density at radius 3 is 0.894 bits per heavy atom. The number of benzene rings is 11. The largest absolute Gasteiger partial charge is 0.489 e. The van der Waals surface area contributed by atoms with Crippen molar-refractivity contribution in [3.63, 3.8) is 0 Å². The monoisotopic (exact) mass is 1230 g/mol. The Bertz CT molecular complexity index is 4620. The number of ether oxygens (including phenoxy) is 8. The number of hydrogen-bond donors (Lipinski definition) is 0. The van der Waals surface area contributed by atoms with Crippen LogP contribution in [0.25, 0.3) is 45.6 Å². The fraction of sp³-hybridized carbons (Fsp3) is 0.0500. The molecule has 0 aliphatic rings. The maximum absolute atomic E-state index is 6.57. The summed E-state index contributed by atoms with van der Waals surface area (Å²) in [4.78, 5) is 31.7. The molecule has 0 aliphatic carbocycles. The van der Waals surface area contributed by atoms with Gasteiger partial charge in [-0.25, -0.2) is 29.9 Å². The average molecular weight is 1230 g/mol. The molecule has 0 unspecified atom stereocenters. The maximum atomic E-state index is 6.57. The molecule has 14 heteroatoms. The van der Waals surface area contributed by atoms with Crippen LogP contribution >= 0.6 is 0 Å². The summed E-state index contributed by atoms with van der Waals surface area (Å²) in [6.45, 7) is 4.03. The number of allylic oxidation sites excluding steroid dienone is 4. The standard InChI is InChI=1S/C80H60N6O8/c1-3-4-26-55(2)88-69-44-58(45-70(50-69)90-63-31-16-7-17-32-63)78-83-76(84-80(86-78)60-48-73(93-66-37-22-10-23-38-66)52-74(49-60)94-67-39-24-11-25-40-67)53-75-81-77(57-41-56(54-87-61-27-12-5-13-28-61)42-68(43-57)89-62-29-14-6-15-30-62)85-79(82-75)59-46-71(91-64-33-18-8-19-34-64)51-72(47-59)92-65-35-20-9-21-36-65/h3-52H,53-54H2,1-2H3/b4-3-,55-26+. The van der Waals surface area contributed by atoms with E-state index in [9.17, 15) is 0 Å². The van der Waals surface area contributed by atoms with Crippen molar-refractivity contribution in [2.24, 2.45) is 0 Å². The number of aromatic nitrogens is 6. The van der Waals surface area contributed by atoms with Gasteiger partial charge in [-0.05, 0) is 165 Å². The zero-order valence-corrected chi connectivity index (χ0v) is 51.2. The number of rotatable bonds is 24. The molecule has 11 aromatic carbocycles. The second-order valence-electron chi connectivity index (χ2n) is 21.4. The fourth-order valence-corrected chi connectivity index (χ4v) is 9.93. The normalized spacial score (nSPS) is 11.2. The highest BCUT2D eigenvalue weighted by Crippen LogP contribution is 2.39. The van der Waals surface area contributed by atoms with Gasteiger partial charge in [0.15, 0.2) is 23.3 Å². The summed E-state index contributed by atoms with van der Waals surface area (Å²) < 4.78 is 52.1. The van der Waals surface area contributed by atoms with Gasteiger partial charge in [0.25, 0.3) is 0 Å². The third-order valence-electron chi connectivity index (χ3n) is 14.1. The lowest BCUT2D eigenvalue weighted by molar-refractivity contribution is 0.305. The van der Waals surface area contributed by atoms with Crippen molar-refractivity contribution in [2.75, 3.05) is 0 Å². The minimum absolute atomic E-state index is 0.0366. The van der Waals surface area contributed by atoms with E-state index in [1.807, 2.05) is 317 Å². The molecule has 0 bridgehead atoms. The van der Waals surface area contributed by atoms with Crippen molar-refractivity contribution in [1.29, 1.82) is 0 Å². The molecule has 0 aliphatic heterocycles. The minimum atomic E-state index is -0.0366. The highest BCUT2D eigenvalue weighted by atomic mass is 16.5. The van der Waals surface area contributed by atoms with Gasteiger partial charge >= 0.3 is 0 Å². The summed E-state index contributed by atoms with van der Waals surface area (Å²) >= 11 is 0. The van der Waals surface area contributed by atoms with E-state index < -0.39 is 0 Å². The topological polar surface area (TPSA) is 151 Å². The molecule has 0 saturated carbocycles. The van der Waals surface area contributed by atoms with E-state index in [0.717, 1.165) is 5.56 Å². The van der Waals surface area contributed by atoms with Crippen molar-refractivity contribution < 1.29 is 37.9 Å². The molecule has 0 fully saturated rings. The van der Waals surface area contributed by atoms with E-state index in [-0.39, 0.29) is 24.7 Å². The highest BCUT2D eigenvalue weighted by Gasteiger charge is 2.21. The van der Waals surface area contributed by atoms with Crippen molar-refractivity contribution in [1.82, 2.24) is 29.9 Å². The number of hydrogen-bond acceptors (Lipinski definition) is 14. The van der Waals surface area contributed by atoms with Gasteiger partial charge in [0.2, 0.25) is 0 Å². The van der Waals surface area contributed by atoms with Crippen LogP contribution in [0, 0.1) is 0 Å². The van der Waals surface area contributed by atoms with Crippen LogP contribution in [0.5, 0.6) is 80.5 Å². The Balaban J connectivity index is 1.000. The van der Waals surface area contributed by atoms with Crippen molar-refractivity contribution in [3.05, 3.63) is 326 Å². The zero-order chi connectivity index (χ0) is 63.7. The molecular formula is C80H60N6O8. The minimum Gasteiger partial charge on any atom is -0.489 e. The predicted molar refractivity (Wildman–Crippen MR) is 363 cm³/mol. The fourth-order valence-electron chi connectivity index (χ4n) is 9.93. The molecule has 0 radical (unpaired) electrons. The van der Waals surface area contributed by atoms with Crippen molar-refractivity contribution >= 4 is 0 Å². The van der Waals surface area contributed by atoms with Gasteiger partial charge in [-0.2, -0.15) is 0 Å². The Kier molecular flexibility index (Phi) is 18.8. The van der Waals surface area contributed by atoms with Crippen LogP contribution in [0.4, 0.5) is 0 Å². The molecule has 0 atom stereocenters. The maximum Gasteiger partial charge on any atom is 0.164 e. The average Bonchev–Trinajstić information content (AvgIpc) is 0.881. The van der Waals surface area contributed by atoms with E-state index in [1.54, 1.807) is 0 Å². The number of para-hydroxylation sites is 7. The molecule has 458 valence electrons. The second-order valence-corrected chi connectivity index (χ2v) is 21.4. The van der Waals surface area contributed by atoms with Crippen LogP contribution in [0.2, 0.25) is 0 Å². The Morgan fingerprint density at radius 1 is 0.298 bits per heavy atom. The Labute approximate surface area is 544 Å². The van der Waals surface area contributed by atoms with Gasteiger partial charge in [-0.3, -0.25) is 0 Å². The van der Waals surface area contributed by atoms with Crippen LogP contribution in [0.3, 0.4) is 0 Å². The van der Waals surface area contributed by atoms with Gasteiger partial charge in [0.05, 0.1) is 6.42 Å². The first kappa shape index (κ1) is 60.2. The van der Waals surface area contributed by atoms with Gasteiger partial charge in [0.1, 0.15) is 105 Å². The van der Waals surface area contributed by atoms with Crippen LogP contribution in [0.1, 0.15) is 31.1 Å². The lowest BCUT2D eigenvalue weighted by atomic mass is 10.1. The van der Waals surface area contributed by atoms with E-state index in [4.69, 9.17) is 67.8 Å². The summed E-state index contributed by atoms with van der Waals surface area (Å²) in [7, 11) is 0. The molecule has 14 nitrogen and oxygen atoms in total. The quantitative estimate of drug-likeness (QED) is 0.0417. The molecule has 94 heavy (non-hydrogen) atoms. The first-order chi connectivity index (χ1) is 46.3. The van der Waals surface area contributed by atoms with Gasteiger partial charge < -0.3 is 37.9 Å². The molecular weight excluding hydrogens is 1170 g/mol. The molecule has 0 N–H and O–H groups in total. The van der Waals surface area contributed by atoms with E-state index >= 15 is 0 Å². The molecule has 0 spiro atoms. The van der Waals surface area contributed by atoms with Crippen LogP contribution in [-0.4, -0.2) is 29.9 Å². The van der Waals surface area contributed by atoms with E-state index in [0.29, 0.717) is 132 Å². The molecule has 2 aromatic heterocycles. The summed E-state index contributed by atoms with van der Waals surface area (Å²) in [5.74, 6) is 10.3. The Hall–Kier alpha value is -12.7. The SMILES string of the molecule is C/C=C\C=C(/C)Oc1cc(Oc2ccccc2)cc(-c2nc(Cc3nc(-c4cc(COc5ccccc5)cc(Oc5ccccc5)c4)nc(-c4cc(Oc5ccccc5)cc(Oc5ccccc5)c4)n3)nc(-c3cc(Oc4ccccc4)cc(Oc4ccccc4)c3)n2)c1. The van der Waals surface area contributed by atoms with Crippen molar-refractivity contribution in [2.45, 2.75) is 26.9 Å². The smallest absolute Gasteiger partial charge is 0.164 e. The second kappa shape index (κ2) is 29.3. The molecule has 0 amide bonds. The van der Waals surface area contributed by atoms with Crippen molar-refractivity contribution in [3.8, 4) is 126 Å². The zero-order valence-electron chi connectivity index (χ0n) is 51.2. The van der Waals surface area contributed by atoms with Crippen LogP contribution in [0.15, 0.2) is 309 Å². The molecule has 0 saturated heterocycles. The third-order valence-corrected chi connectivity index (χ3v) is 14.1. The Morgan fingerprint density at radius 2 is 0.574 bits per heavy atom. The third kappa shape index (κ3) is 16.4. The summed E-state index contributed by atoms with van der Waals surface area (Å²) in [6.07, 6.45) is 5.69. The van der Waals surface area contributed by atoms with Gasteiger partial charge in [-0.1, -0.05) is 140 Å². The number of nitrogens with zero attached hydrogens (tertiary/aromatic N) is 6. The van der Waals surface area contributed by atoms with Crippen LogP contribution in [-0.2, 0) is 13.0 Å².